The Bertz CT molecular complexity index is 1270. The van der Waals surface area contributed by atoms with E-state index in [2.05, 4.69) is 28.6 Å². The minimum atomic E-state index is -0.317. The van der Waals surface area contributed by atoms with Gasteiger partial charge in [-0.25, -0.2) is 4.68 Å². The number of anilines is 1. The number of hydrogen-bond acceptors (Lipinski definition) is 7. The van der Waals surface area contributed by atoms with Gasteiger partial charge in [0.15, 0.2) is 0 Å². The Kier molecular flexibility index (Phi) is 6.04. The second kappa shape index (κ2) is 9.08. The van der Waals surface area contributed by atoms with Gasteiger partial charge in [0.05, 0.1) is 32.0 Å². The second-order valence-corrected chi connectivity index (χ2v) is 7.60. The summed E-state index contributed by atoms with van der Waals surface area (Å²) in [6.07, 6.45) is 4.72. The van der Waals surface area contributed by atoms with Gasteiger partial charge in [0.2, 0.25) is 17.2 Å². The molecule has 1 aromatic carbocycles. The standard InChI is InChI=1S/C23H24N6O4/c1-4-20(30)27-9-5-6-17(14-27)28-13-16(21-22(24)25-26-23(31)29(21)28)8-7-15-10-18(32-2)12-19(11-15)33-3/h4,10-13,17H,1,5-6,9,14,24H2,2-3H3/p+1/t17-/m0/s1. The van der Waals surface area contributed by atoms with Gasteiger partial charge in [0.1, 0.15) is 16.6 Å². The van der Waals surface area contributed by atoms with Crippen molar-refractivity contribution < 1.29 is 23.9 Å². The lowest BCUT2D eigenvalue weighted by Gasteiger charge is -2.31. The summed E-state index contributed by atoms with van der Waals surface area (Å²) in [6, 6.07) is 4.92. The number of benzene rings is 1. The fourth-order valence-electron chi connectivity index (χ4n) is 4.00. The molecule has 10 heteroatoms. The molecule has 10 nitrogen and oxygen atoms in total. The van der Waals surface area contributed by atoms with Crippen LogP contribution in [0.1, 0.15) is 30.0 Å². The first kappa shape index (κ1) is 22.0. The molecule has 1 aliphatic rings. The molecule has 0 radical (unpaired) electrons. The van der Waals surface area contributed by atoms with Gasteiger partial charge in [-0.05, 0) is 36.1 Å². The summed E-state index contributed by atoms with van der Waals surface area (Å²) < 4.78 is 13.9. The lowest BCUT2D eigenvalue weighted by Crippen LogP contribution is -2.45. The van der Waals surface area contributed by atoms with E-state index in [1.54, 1.807) is 43.5 Å². The highest BCUT2D eigenvalue weighted by Crippen LogP contribution is 2.25. The van der Waals surface area contributed by atoms with Crippen LogP contribution in [0.25, 0.3) is 5.52 Å². The molecule has 1 aliphatic heterocycles. The van der Waals surface area contributed by atoms with Crippen molar-refractivity contribution in [2.45, 2.75) is 18.9 Å². The van der Waals surface area contributed by atoms with Crippen LogP contribution in [0.5, 0.6) is 17.5 Å². The third kappa shape index (κ3) is 4.25. The first-order valence-electron chi connectivity index (χ1n) is 10.4. The van der Waals surface area contributed by atoms with Crippen LogP contribution in [0.15, 0.2) is 37.1 Å². The van der Waals surface area contributed by atoms with Gasteiger partial charge in [0.25, 0.3) is 0 Å². The molecule has 170 valence electrons. The quantitative estimate of drug-likeness (QED) is 0.347. The van der Waals surface area contributed by atoms with Crippen LogP contribution in [-0.4, -0.2) is 58.1 Å². The Balaban J connectivity index is 1.80. The smallest absolute Gasteiger partial charge is 0.497 e. The monoisotopic (exact) mass is 449 g/mol. The molecule has 0 saturated carbocycles. The summed E-state index contributed by atoms with van der Waals surface area (Å²) >= 11 is 0. The van der Waals surface area contributed by atoms with Crippen LogP contribution in [0.2, 0.25) is 0 Å². The summed E-state index contributed by atoms with van der Waals surface area (Å²) in [4.78, 5) is 13.9. The fraction of sp³-hybridized carbons (Fsp3) is 0.304. The third-order valence-corrected chi connectivity index (χ3v) is 5.59. The largest absolute Gasteiger partial charge is 0.545 e. The molecule has 3 heterocycles. The zero-order valence-electron chi connectivity index (χ0n) is 18.5. The Morgan fingerprint density at radius 2 is 2.00 bits per heavy atom. The van der Waals surface area contributed by atoms with Crippen molar-refractivity contribution in [3.8, 4) is 29.4 Å². The van der Waals surface area contributed by atoms with E-state index in [0.717, 1.165) is 12.8 Å². The molecule has 0 bridgehead atoms. The average molecular weight is 449 g/mol. The number of likely N-dealkylation sites (tertiary alicyclic amines) is 1. The van der Waals surface area contributed by atoms with Crippen molar-refractivity contribution in [2.75, 3.05) is 33.0 Å². The number of piperidine rings is 1. The number of nitrogen functional groups attached to an aromatic ring is 1. The van der Waals surface area contributed by atoms with Crippen molar-refractivity contribution in [1.29, 1.82) is 0 Å². The predicted octanol–water partition coefficient (Wildman–Crippen LogP) is 1.07. The summed E-state index contributed by atoms with van der Waals surface area (Å²) in [5.74, 6) is 7.46. The van der Waals surface area contributed by atoms with E-state index in [9.17, 15) is 9.90 Å². The van der Waals surface area contributed by atoms with E-state index in [1.807, 2.05) is 4.68 Å². The molecule has 1 fully saturated rings. The minimum Gasteiger partial charge on any atom is -0.497 e. The Labute approximate surface area is 190 Å². The number of ether oxygens (including phenoxy) is 2. The van der Waals surface area contributed by atoms with Gasteiger partial charge in [0, 0.05) is 24.7 Å². The summed E-state index contributed by atoms with van der Waals surface area (Å²) in [5, 5.41) is 18.1. The number of nitrogens with two attached hydrogens (primary N) is 1. The lowest BCUT2D eigenvalue weighted by atomic mass is 10.1. The van der Waals surface area contributed by atoms with Crippen LogP contribution in [0, 0.1) is 11.8 Å². The van der Waals surface area contributed by atoms with Crippen LogP contribution >= 0.6 is 0 Å². The maximum atomic E-state index is 12.2. The van der Waals surface area contributed by atoms with Crippen LogP contribution < -0.4 is 19.7 Å². The van der Waals surface area contributed by atoms with Crippen molar-refractivity contribution >= 4 is 17.2 Å². The van der Waals surface area contributed by atoms with E-state index in [-0.39, 0.29) is 23.8 Å². The molecule has 3 aromatic rings. The highest BCUT2D eigenvalue weighted by molar-refractivity contribution is 5.87. The van der Waals surface area contributed by atoms with Crippen molar-refractivity contribution in [1.82, 2.24) is 19.8 Å². The molecule has 2 aromatic heterocycles. The van der Waals surface area contributed by atoms with Crippen molar-refractivity contribution in [3.05, 3.63) is 48.2 Å². The molecule has 1 saturated heterocycles. The Morgan fingerprint density at radius 3 is 2.67 bits per heavy atom. The molecule has 1 amide bonds. The molecule has 0 aliphatic carbocycles. The Hall–Kier alpha value is -4.26. The van der Waals surface area contributed by atoms with E-state index in [0.29, 0.717) is 41.2 Å². The molecule has 0 spiro atoms. The van der Waals surface area contributed by atoms with Gasteiger partial charge >= 0.3 is 6.01 Å². The number of fused-ring (bicyclic) bond motifs is 1. The molecule has 0 unspecified atom stereocenters. The normalized spacial score (nSPS) is 15.6. The first-order valence-corrected chi connectivity index (χ1v) is 10.4. The first-order chi connectivity index (χ1) is 15.9. The Morgan fingerprint density at radius 1 is 1.27 bits per heavy atom. The highest BCUT2D eigenvalue weighted by atomic mass is 16.5. The number of methoxy groups -OCH3 is 2. The van der Waals surface area contributed by atoms with Crippen molar-refractivity contribution in [3.63, 3.8) is 0 Å². The summed E-state index contributed by atoms with van der Waals surface area (Å²) in [6.45, 7) is 4.69. The van der Waals surface area contributed by atoms with Crippen LogP contribution in [0.3, 0.4) is 0 Å². The van der Waals surface area contributed by atoms with Gasteiger partial charge in [-0.3, -0.25) is 4.79 Å². The lowest BCUT2D eigenvalue weighted by molar-refractivity contribution is -0.625. The molecular weight excluding hydrogens is 424 g/mol. The number of rotatable bonds is 4. The van der Waals surface area contributed by atoms with E-state index >= 15 is 0 Å². The molecule has 33 heavy (non-hydrogen) atoms. The van der Waals surface area contributed by atoms with Gasteiger partial charge in [-0.15, -0.1) is 0 Å². The second-order valence-electron chi connectivity index (χ2n) is 7.60. The summed E-state index contributed by atoms with van der Waals surface area (Å²) in [5.41, 5.74) is 7.81. The number of carbonyl (C=O) groups excluding carboxylic acids is 1. The summed E-state index contributed by atoms with van der Waals surface area (Å²) in [7, 11) is 3.14. The topological polar surface area (TPSA) is 120 Å². The maximum Gasteiger partial charge on any atom is 0.545 e. The fourth-order valence-corrected chi connectivity index (χ4v) is 4.00. The molecule has 1 atom stereocenters. The number of carbonyl (C=O) groups is 1. The highest BCUT2D eigenvalue weighted by Gasteiger charge is 2.31. The van der Waals surface area contributed by atoms with Gasteiger partial charge < -0.3 is 25.2 Å². The average Bonchev–Trinajstić information content (AvgIpc) is 3.25. The van der Waals surface area contributed by atoms with Crippen molar-refractivity contribution in [2.24, 2.45) is 0 Å². The van der Waals surface area contributed by atoms with E-state index < -0.39 is 0 Å². The van der Waals surface area contributed by atoms with Gasteiger partial charge in [-0.1, -0.05) is 22.9 Å². The van der Waals surface area contributed by atoms with Gasteiger partial charge in [-0.2, -0.15) is 0 Å². The minimum absolute atomic E-state index is 0.114. The molecule has 3 N–H and O–H groups in total. The SMILES string of the molecule is C=CC(=O)N1CCC[C@H](n2cc(C#Cc3cc(OC)cc(OC)c3)c3c(N)nnc(O)[n+]32)C1. The predicted molar refractivity (Wildman–Crippen MR) is 120 cm³/mol. The van der Waals surface area contributed by atoms with E-state index in [4.69, 9.17) is 15.2 Å². The number of nitrogens with zero attached hydrogens (tertiary/aromatic N) is 5. The number of amides is 1. The maximum absolute atomic E-state index is 12.2. The number of aromatic nitrogens is 4. The zero-order chi connectivity index (χ0) is 23.5. The third-order valence-electron chi connectivity index (χ3n) is 5.59. The molecule has 4 rings (SSSR count). The van der Waals surface area contributed by atoms with E-state index in [1.165, 1.54) is 10.6 Å². The zero-order valence-corrected chi connectivity index (χ0v) is 18.5. The van der Waals surface area contributed by atoms with Crippen LogP contribution in [0.4, 0.5) is 5.82 Å². The number of aromatic hydroxyl groups is 1. The van der Waals surface area contributed by atoms with Crippen LogP contribution in [-0.2, 0) is 4.79 Å². The number of hydrogen-bond donors (Lipinski definition) is 2. The molecular formula is C23H25N6O4+.